The van der Waals surface area contributed by atoms with Crippen LogP contribution in [0.5, 0.6) is 0 Å². The van der Waals surface area contributed by atoms with Gasteiger partial charge in [-0.2, -0.15) is 0 Å². The lowest BCUT2D eigenvalue weighted by atomic mass is 9.84. The van der Waals surface area contributed by atoms with E-state index in [0.717, 1.165) is 67.5 Å². The van der Waals surface area contributed by atoms with E-state index in [2.05, 4.69) is 121 Å². The number of fused-ring (bicyclic) bond motifs is 11. The zero-order chi connectivity index (χ0) is 28.8. The Balaban J connectivity index is 1.29. The van der Waals surface area contributed by atoms with Crippen molar-refractivity contribution in [1.82, 2.24) is 0 Å². The highest BCUT2D eigenvalue weighted by Crippen LogP contribution is 2.46. The maximum Gasteiger partial charge on any atom is 0.144 e. The molecule has 2 heterocycles. The second-order valence-electron chi connectivity index (χ2n) is 11.9. The molecule has 9 aromatic rings. The highest BCUT2D eigenvalue weighted by Gasteiger charge is 2.20. The van der Waals surface area contributed by atoms with Crippen LogP contribution >= 0.6 is 0 Å². The molecule has 0 saturated carbocycles. The van der Waals surface area contributed by atoms with Crippen molar-refractivity contribution in [2.24, 2.45) is 0 Å². The van der Waals surface area contributed by atoms with E-state index in [1.165, 1.54) is 43.8 Å². The highest BCUT2D eigenvalue weighted by atomic mass is 16.3. The average molecular weight is 563 g/mol. The topological polar surface area (TPSA) is 26.3 Å². The smallest absolute Gasteiger partial charge is 0.144 e. The number of rotatable bonds is 2. The Morgan fingerprint density at radius 1 is 0.477 bits per heavy atom. The lowest BCUT2D eigenvalue weighted by Gasteiger charge is -2.20. The second-order valence-corrected chi connectivity index (χ2v) is 11.9. The Morgan fingerprint density at radius 3 is 1.89 bits per heavy atom. The van der Waals surface area contributed by atoms with E-state index in [9.17, 15) is 0 Å². The minimum Gasteiger partial charge on any atom is -0.456 e. The molecule has 0 amide bonds. The van der Waals surface area contributed by atoms with Crippen LogP contribution < -0.4 is 0 Å². The van der Waals surface area contributed by atoms with Gasteiger partial charge in [-0.25, -0.2) is 0 Å². The first-order valence-corrected chi connectivity index (χ1v) is 15.3. The Labute approximate surface area is 253 Å². The third kappa shape index (κ3) is 3.25. The summed E-state index contributed by atoms with van der Waals surface area (Å²) >= 11 is 0. The number of hydrogen-bond acceptors (Lipinski definition) is 2. The van der Waals surface area contributed by atoms with Gasteiger partial charge in [-0.15, -0.1) is 0 Å². The van der Waals surface area contributed by atoms with Crippen LogP contribution in [0.1, 0.15) is 18.4 Å². The molecule has 44 heavy (non-hydrogen) atoms. The van der Waals surface area contributed by atoms with Crippen LogP contribution in [0.15, 0.2) is 142 Å². The SMILES string of the molecule is C1=CCCC(c2c3ccccc3c(-c3ccc4oc5c(ccc6ccc7oc8ccccc8c7c65)c4c3)c3ccccc23)=C1. The fourth-order valence-corrected chi connectivity index (χ4v) is 7.61. The van der Waals surface area contributed by atoms with Gasteiger partial charge in [0.2, 0.25) is 0 Å². The van der Waals surface area contributed by atoms with Crippen LogP contribution in [0.2, 0.25) is 0 Å². The van der Waals surface area contributed by atoms with Gasteiger partial charge in [0, 0.05) is 26.9 Å². The molecule has 0 radical (unpaired) electrons. The van der Waals surface area contributed by atoms with Crippen molar-refractivity contribution in [3.63, 3.8) is 0 Å². The molecule has 0 atom stereocenters. The van der Waals surface area contributed by atoms with Gasteiger partial charge >= 0.3 is 0 Å². The molecule has 0 unspecified atom stereocenters. The van der Waals surface area contributed by atoms with Crippen molar-refractivity contribution < 1.29 is 8.83 Å². The molecular formula is C42H26O2. The molecular weight excluding hydrogens is 536 g/mol. The Hall–Kier alpha value is -5.60. The minimum atomic E-state index is 0.883. The summed E-state index contributed by atoms with van der Waals surface area (Å²) in [5.41, 5.74) is 8.83. The van der Waals surface area contributed by atoms with E-state index in [4.69, 9.17) is 8.83 Å². The van der Waals surface area contributed by atoms with Crippen molar-refractivity contribution in [3.8, 4) is 11.1 Å². The van der Waals surface area contributed by atoms with Gasteiger partial charge in [0.1, 0.15) is 22.3 Å². The predicted molar refractivity (Wildman–Crippen MR) is 185 cm³/mol. The molecule has 7 aromatic carbocycles. The van der Waals surface area contributed by atoms with E-state index < -0.39 is 0 Å². The molecule has 0 N–H and O–H groups in total. The zero-order valence-corrected chi connectivity index (χ0v) is 23.9. The monoisotopic (exact) mass is 562 g/mol. The lowest BCUT2D eigenvalue weighted by Crippen LogP contribution is -1.95. The summed E-state index contributed by atoms with van der Waals surface area (Å²) in [7, 11) is 0. The van der Waals surface area contributed by atoms with Crippen LogP contribution in [0, 0.1) is 0 Å². The molecule has 1 aliphatic carbocycles. The van der Waals surface area contributed by atoms with Gasteiger partial charge in [-0.1, -0.05) is 103 Å². The molecule has 10 rings (SSSR count). The van der Waals surface area contributed by atoms with Gasteiger partial charge in [0.15, 0.2) is 0 Å². The number of para-hydroxylation sites is 1. The third-order valence-corrected chi connectivity index (χ3v) is 9.51. The molecule has 2 nitrogen and oxygen atoms in total. The van der Waals surface area contributed by atoms with E-state index in [-0.39, 0.29) is 0 Å². The summed E-state index contributed by atoms with van der Waals surface area (Å²) in [6.45, 7) is 0. The molecule has 0 saturated heterocycles. The molecule has 0 fully saturated rings. The van der Waals surface area contributed by atoms with E-state index in [1.807, 2.05) is 12.1 Å². The summed E-state index contributed by atoms with van der Waals surface area (Å²) in [6, 6.07) is 41.4. The largest absolute Gasteiger partial charge is 0.456 e. The van der Waals surface area contributed by atoms with Crippen LogP contribution in [0.3, 0.4) is 0 Å². The maximum absolute atomic E-state index is 6.70. The normalized spacial score (nSPS) is 13.8. The Bertz CT molecular complexity index is 2650. The number of furan rings is 2. The van der Waals surface area contributed by atoms with Gasteiger partial charge in [-0.3, -0.25) is 0 Å². The van der Waals surface area contributed by atoms with Crippen molar-refractivity contribution in [1.29, 1.82) is 0 Å². The van der Waals surface area contributed by atoms with Crippen molar-refractivity contribution >= 4 is 81.8 Å². The summed E-state index contributed by atoms with van der Waals surface area (Å²) in [4.78, 5) is 0. The molecule has 0 bridgehead atoms. The predicted octanol–water partition coefficient (Wildman–Crippen LogP) is 12.3. The first-order valence-electron chi connectivity index (χ1n) is 15.3. The molecule has 1 aliphatic rings. The first-order chi connectivity index (χ1) is 21.8. The molecule has 2 heteroatoms. The van der Waals surface area contributed by atoms with E-state index in [0.29, 0.717) is 0 Å². The van der Waals surface area contributed by atoms with Crippen molar-refractivity contribution in [2.45, 2.75) is 12.8 Å². The Morgan fingerprint density at radius 2 is 1.14 bits per heavy atom. The quantitative estimate of drug-likeness (QED) is 0.196. The summed E-state index contributed by atoms with van der Waals surface area (Å²) < 4.78 is 12.9. The lowest BCUT2D eigenvalue weighted by molar-refractivity contribution is 0.668. The zero-order valence-electron chi connectivity index (χ0n) is 23.9. The maximum atomic E-state index is 6.70. The highest BCUT2D eigenvalue weighted by molar-refractivity contribution is 6.28. The summed E-state index contributed by atoms with van der Waals surface area (Å²) in [5.74, 6) is 0. The molecule has 0 aliphatic heterocycles. The summed E-state index contributed by atoms with van der Waals surface area (Å²) in [6.07, 6.45) is 8.90. The van der Waals surface area contributed by atoms with Crippen molar-refractivity contribution in [2.75, 3.05) is 0 Å². The standard InChI is InChI=1S/C42H26O2/c1-2-10-25(11-3-1)38-28-12-4-6-14-30(28)39(31-15-7-5-13-29(31)38)27-20-22-36-34(24-27)32-21-18-26-19-23-37-41(40(26)42(32)44-36)33-16-8-9-17-35(33)43-37/h1-2,4-10,12-24H,3,11H2. The van der Waals surface area contributed by atoms with Crippen LogP contribution in [-0.2, 0) is 0 Å². The average Bonchev–Trinajstić information content (AvgIpc) is 3.65. The van der Waals surface area contributed by atoms with Crippen molar-refractivity contribution in [3.05, 3.63) is 139 Å². The molecule has 206 valence electrons. The third-order valence-electron chi connectivity index (χ3n) is 9.51. The second kappa shape index (κ2) is 8.95. The fraction of sp³-hybridized carbons (Fsp3) is 0.0476. The Kier molecular flexibility index (Phi) is 4.86. The van der Waals surface area contributed by atoms with Crippen LogP contribution in [-0.4, -0.2) is 0 Å². The van der Waals surface area contributed by atoms with E-state index in [1.54, 1.807) is 0 Å². The van der Waals surface area contributed by atoms with Gasteiger partial charge in [0.25, 0.3) is 0 Å². The first kappa shape index (κ1) is 23.9. The molecule has 2 aromatic heterocycles. The van der Waals surface area contributed by atoms with Gasteiger partial charge in [-0.05, 0) is 92.4 Å². The van der Waals surface area contributed by atoms with Gasteiger partial charge < -0.3 is 8.83 Å². The fourth-order valence-electron chi connectivity index (χ4n) is 7.61. The van der Waals surface area contributed by atoms with Crippen LogP contribution in [0.4, 0.5) is 0 Å². The van der Waals surface area contributed by atoms with Gasteiger partial charge in [0.05, 0.1) is 0 Å². The van der Waals surface area contributed by atoms with Crippen LogP contribution in [0.25, 0.3) is 92.9 Å². The van der Waals surface area contributed by atoms with E-state index >= 15 is 0 Å². The number of benzene rings is 7. The number of hydrogen-bond donors (Lipinski definition) is 0. The molecule has 0 spiro atoms. The minimum absolute atomic E-state index is 0.883. The number of allylic oxidation sites excluding steroid dienone is 4. The summed E-state index contributed by atoms with van der Waals surface area (Å²) in [5, 5.41) is 11.9.